The number of esters is 3. The summed E-state index contributed by atoms with van der Waals surface area (Å²) in [6, 6.07) is 0. The second-order valence-corrected chi connectivity index (χ2v) is 22.0. The zero-order chi connectivity index (χ0) is 55.0. The molecule has 0 aliphatic heterocycles. The summed E-state index contributed by atoms with van der Waals surface area (Å²) >= 11 is 0. The minimum Gasteiger partial charge on any atom is -0.462 e. The standard InChI is InChI=1S/C70H124O6/c1-4-7-10-13-16-19-22-25-28-31-33-34-35-36-38-39-42-45-48-51-54-57-60-63-69(72)75-66-67(65-74-68(71)62-59-56-53-50-47-44-41-30-27-24-21-18-15-12-9-6-3)76-70(73)64-61-58-55-52-49-46-43-40-37-32-29-26-23-20-17-14-11-8-5-2/h17,20,22,25-26,29-31,33,37,40-41,67H,4-16,18-19,21,23-24,27-28,32,34-36,38-39,42-66H2,1-3H3/b20-17-,25-22-,29-26-,33-31-,40-37-,41-30-. The first-order valence-corrected chi connectivity index (χ1v) is 32.9. The molecule has 76 heavy (non-hydrogen) atoms. The first-order chi connectivity index (χ1) is 37.5. The molecule has 440 valence electrons. The van der Waals surface area contributed by atoms with Crippen LogP contribution in [-0.2, 0) is 28.6 Å². The molecule has 0 aromatic rings. The van der Waals surface area contributed by atoms with Gasteiger partial charge in [-0.2, -0.15) is 0 Å². The maximum atomic E-state index is 12.9. The molecule has 1 unspecified atom stereocenters. The van der Waals surface area contributed by atoms with Crippen molar-refractivity contribution < 1.29 is 28.6 Å². The molecule has 0 aliphatic rings. The summed E-state index contributed by atoms with van der Waals surface area (Å²) in [5.41, 5.74) is 0. The monoisotopic (exact) mass is 1060 g/mol. The van der Waals surface area contributed by atoms with Crippen LogP contribution in [0.2, 0.25) is 0 Å². The Morgan fingerprint density at radius 2 is 0.474 bits per heavy atom. The Balaban J connectivity index is 4.37. The van der Waals surface area contributed by atoms with Gasteiger partial charge in [0.2, 0.25) is 0 Å². The Kier molecular flexibility index (Phi) is 61.7. The predicted octanol–water partition coefficient (Wildman–Crippen LogP) is 22.5. The van der Waals surface area contributed by atoms with Crippen molar-refractivity contribution in [2.24, 2.45) is 0 Å². The molecular formula is C70H124O6. The highest BCUT2D eigenvalue weighted by atomic mass is 16.6. The molecule has 0 saturated carbocycles. The fourth-order valence-electron chi connectivity index (χ4n) is 9.42. The largest absolute Gasteiger partial charge is 0.462 e. The van der Waals surface area contributed by atoms with Crippen molar-refractivity contribution in [2.45, 2.75) is 341 Å². The molecule has 0 fully saturated rings. The quantitative estimate of drug-likeness (QED) is 0.0261. The highest BCUT2D eigenvalue weighted by Gasteiger charge is 2.19. The third kappa shape index (κ3) is 61.7. The average molecular weight is 1060 g/mol. The Morgan fingerprint density at radius 3 is 0.776 bits per heavy atom. The van der Waals surface area contributed by atoms with E-state index in [1.54, 1.807) is 0 Å². The van der Waals surface area contributed by atoms with Crippen LogP contribution < -0.4 is 0 Å². The van der Waals surface area contributed by atoms with E-state index in [1.807, 2.05) is 0 Å². The molecule has 0 heterocycles. The molecule has 0 N–H and O–H groups in total. The number of unbranched alkanes of at least 4 members (excludes halogenated alkanes) is 37. The van der Waals surface area contributed by atoms with Crippen molar-refractivity contribution in [3.8, 4) is 0 Å². The Bertz CT molecular complexity index is 1400. The second kappa shape index (κ2) is 64.4. The average Bonchev–Trinajstić information content (AvgIpc) is 3.42. The van der Waals surface area contributed by atoms with E-state index >= 15 is 0 Å². The Labute approximate surface area is 472 Å². The fraction of sp³-hybridized carbons (Fsp3) is 0.786. The molecule has 0 spiro atoms. The summed E-state index contributed by atoms with van der Waals surface area (Å²) in [5, 5.41) is 0. The predicted molar refractivity (Wildman–Crippen MR) is 330 cm³/mol. The number of ether oxygens (including phenoxy) is 3. The lowest BCUT2D eigenvalue weighted by Gasteiger charge is -2.18. The molecule has 0 aromatic carbocycles. The van der Waals surface area contributed by atoms with Crippen molar-refractivity contribution in [2.75, 3.05) is 13.2 Å². The van der Waals surface area contributed by atoms with E-state index in [1.165, 1.54) is 199 Å². The molecule has 0 bridgehead atoms. The summed E-state index contributed by atoms with van der Waals surface area (Å²) in [7, 11) is 0. The van der Waals surface area contributed by atoms with E-state index in [4.69, 9.17) is 14.2 Å². The van der Waals surface area contributed by atoms with Gasteiger partial charge in [-0.05, 0) is 116 Å². The first kappa shape index (κ1) is 72.8. The van der Waals surface area contributed by atoms with E-state index < -0.39 is 6.10 Å². The van der Waals surface area contributed by atoms with E-state index in [9.17, 15) is 14.4 Å². The molecular weight excluding hydrogens is 937 g/mol. The van der Waals surface area contributed by atoms with E-state index in [0.29, 0.717) is 19.3 Å². The van der Waals surface area contributed by atoms with Crippen LogP contribution in [0, 0.1) is 0 Å². The number of rotatable bonds is 60. The first-order valence-electron chi connectivity index (χ1n) is 32.9. The summed E-state index contributed by atoms with van der Waals surface area (Å²) < 4.78 is 16.9. The Hall–Kier alpha value is -3.15. The molecule has 0 rings (SSSR count). The third-order valence-electron chi connectivity index (χ3n) is 14.4. The van der Waals surface area contributed by atoms with E-state index in [0.717, 1.165) is 96.3 Å². The molecule has 0 aromatic heterocycles. The summed E-state index contributed by atoms with van der Waals surface area (Å²) in [5.74, 6) is -0.891. The smallest absolute Gasteiger partial charge is 0.306 e. The number of allylic oxidation sites excluding steroid dienone is 12. The minimum absolute atomic E-state index is 0.0831. The normalized spacial score (nSPS) is 12.5. The number of hydrogen-bond acceptors (Lipinski definition) is 6. The number of carbonyl (C=O) groups excluding carboxylic acids is 3. The summed E-state index contributed by atoms with van der Waals surface area (Å²) in [4.78, 5) is 38.4. The zero-order valence-electron chi connectivity index (χ0n) is 50.5. The molecule has 1 atom stereocenters. The van der Waals surface area contributed by atoms with Crippen LogP contribution in [0.3, 0.4) is 0 Å². The topological polar surface area (TPSA) is 78.9 Å². The van der Waals surface area contributed by atoms with Gasteiger partial charge >= 0.3 is 17.9 Å². The van der Waals surface area contributed by atoms with Crippen molar-refractivity contribution in [3.05, 3.63) is 72.9 Å². The van der Waals surface area contributed by atoms with Crippen molar-refractivity contribution >= 4 is 17.9 Å². The molecule has 0 radical (unpaired) electrons. The van der Waals surface area contributed by atoms with Gasteiger partial charge in [-0.1, -0.05) is 273 Å². The Morgan fingerprint density at radius 1 is 0.263 bits per heavy atom. The third-order valence-corrected chi connectivity index (χ3v) is 14.4. The molecule has 6 nitrogen and oxygen atoms in total. The summed E-state index contributed by atoms with van der Waals surface area (Å²) in [6.07, 6.45) is 83.3. The van der Waals surface area contributed by atoms with Gasteiger partial charge in [0.15, 0.2) is 6.10 Å². The second-order valence-electron chi connectivity index (χ2n) is 22.0. The van der Waals surface area contributed by atoms with E-state index in [2.05, 4.69) is 93.7 Å². The van der Waals surface area contributed by atoms with Crippen molar-refractivity contribution in [1.82, 2.24) is 0 Å². The molecule has 0 amide bonds. The SMILES string of the molecule is CCCCC/C=C\C/C=C\C/C=C\CCCCCCCCC(=O)OC(COC(=O)CCCCCCC/C=C\CCCCCCCCC)COC(=O)CCCCCCCCCCCCC/C=C\C/C=C\CCCCCCC. The van der Waals surface area contributed by atoms with Gasteiger partial charge in [0.25, 0.3) is 0 Å². The van der Waals surface area contributed by atoms with Gasteiger partial charge in [0.05, 0.1) is 0 Å². The van der Waals surface area contributed by atoms with Crippen LogP contribution in [0.15, 0.2) is 72.9 Å². The van der Waals surface area contributed by atoms with Gasteiger partial charge in [-0.3, -0.25) is 14.4 Å². The fourth-order valence-corrected chi connectivity index (χ4v) is 9.42. The lowest BCUT2D eigenvalue weighted by molar-refractivity contribution is -0.167. The summed E-state index contributed by atoms with van der Waals surface area (Å²) in [6.45, 7) is 6.62. The molecule has 0 saturated heterocycles. The van der Waals surface area contributed by atoms with Gasteiger partial charge in [-0.25, -0.2) is 0 Å². The van der Waals surface area contributed by atoms with E-state index in [-0.39, 0.29) is 31.1 Å². The van der Waals surface area contributed by atoms with Gasteiger partial charge < -0.3 is 14.2 Å². The minimum atomic E-state index is -0.788. The van der Waals surface area contributed by atoms with Crippen LogP contribution in [0.25, 0.3) is 0 Å². The van der Waals surface area contributed by atoms with Crippen LogP contribution in [-0.4, -0.2) is 37.2 Å². The van der Waals surface area contributed by atoms with Gasteiger partial charge in [0.1, 0.15) is 13.2 Å². The molecule has 0 aliphatic carbocycles. The lowest BCUT2D eigenvalue weighted by atomic mass is 10.0. The zero-order valence-corrected chi connectivity index (χ0v) is 50.5. The number of carbonyl (C=O) groups is 3. The van der Waals surface area contributed by atoms with Crippen LogP contribution >= 0.6 is 0 Å². The highest BCUT2D eigenvalue weighted by molar-refractivity contribution is 5.71. The van der Waals surface area contributed by atoms with Gasteiger partial charge in [0, 0.05) is 19.3 Å². The van der Waals surface area contributed by atoms with Crippen LogP contribution in [0.5, 0.6) is 0 Å². The number of hydrogen-bond donors (Lipinski definition) is 0. The maximum Gasteiger partial charge on any atom is 0.306 e. The van der Waals surface area contributed by atoms with Crippen LogP contribution in [0.4, 0.5) is 0 Å². The maximum absolute atomic E-state index is 12.9. The highest BCUT2D eigenvalue weighted by Crippen LogP contribution is 2.16. The van der Waals surface area contributed by atoms with Gasteiger partial charge in [-0.15, -0.1) is 0 Å². The lowest BCUT2D eigenvalue weighted by Crippen LogP contribution is -2.30. The molecule has 6 heteroatoms. The van der Waals surface area contributed by atoms with Crippen LogP contribution in [0.1, 0.15) is 335 Å². The van der Waals surface area contributed by atoms with Crippen molar-refractivity contribution in [3.63, 3.8) is 0 Å². The van der Waals surface area contributed by atoms with Crippen molar-refractivity contribution in [1.29, 1.82) is 0 Å².